The number of rotatable bonds is 12. The van der Waals surface area contributed by atoms with E-state index in [2.05, 4.69) is 16.0 Å². The van der Waals surface area contributed by atoms with Crippen molar-refractivity contribution in [2.45, 2.75) is 181 Å². The lowest BCUT2D eigenvalue weighted by molar-refractivity contribution is -0.153. The lowest BCUT2D eigenvalue weighted by atomic mass is 9.97. The van der Waals surface area contributed by atoms with Crippen LogP contribution in [0.3, 0.4) is 0 Å². The minimum absolute atomic E-state index is 0.0169. The fourth-order valence-electron chi connectivity index (χ4n) is 10.6. The molecule has 2 aromatic rings. The van der Waals surface area contributed by atoms with E-state index in [9.17, 15) is 48.3 Å². The minimum Gasteiger partial charge on any atom is -0.391 e. The molecule has 454 valence electrons. The molecule has 4 rings (SSSR count). The van der Waals surface area contributed by atoms with E-state index < -0.39 is 126 Å². The third kappa shape index (κ3) is 18.0. The molecule has 2 aliphatic rings. The number of nitrogens with one attached hydrogen (secondary N) is 3. The fourth-order valence-corrected chi connectivity index (χ4v) is 10.6. The zero-order valence-corrected chi connectivity index (χ0v) is 51.2. The van der Waals surface area contributed by atoms with Gasteiger partial charge in [0.1, 0.15) is 54.4 Å². The van der Waals surface area contributed by atoms with E-state index >= 15 is 4.79 Å². The molecular formula is C61H94N10O11. The molecule has 0 unspecified atom stereocenters. The van der Waals surface area contributed by atoms with E-state index in [4.69, 9.17) is 0 Å². The number of likely N-dealkylation sites (N-methyl/N-ethyl adjacent to an activating group) is 6. The van der Waals surface area contributed by atoms with Gasteiger partial charge in [0.15, 0.2) is 0 Å². The molecule has 2 saturated heterocycles. The summed E-state index contributed by atoms with van der Waals surface area (Å²) >= 11 is 0. The van der Waals surface area contributed by atoms with Crippen LogP contribution in [-0.2, 0) is 60.8 Å². The number of carbonyl (C=O) groups is 10. The van der Waals surface area contributed by atoms with Crippen LogP contribution in [0, 0.1) is 17.8 Å². The maximum absolute atomic E-state index is 15.2. The molecule has 21 heteroatoms. The van der Waals surface area contributed by atoms with Crippen molar-refractivity contribution in [3.05, 3.63) is 71.8 Å². The molecule has 2 fully saturated rings. The number of benzene rings is 2. The standard InChI is InChI=1S/C61H94N10O11/c1-37(2)31-45-58(79)68(13)49(34-43-25-19-16-20-26-43)55(76)64-52(42(9)72)61(82)66(11)41(8)57(78)70(15)50(35-44-27-21-17-22-28-44)60(81)69(14)48(33-39(5)6)54(75)63-46(59(80)71-29-23-18-24-30-71)36-51(73)65(10)40(7)56(77)67(12)47(32-38(3)4)53(74)62-45/h16-17,19-22,25-28,37-42,45-50,52,72H,18,23-24,29-36H2,1-15H3,(H,62,74)(H,63,75)(H,64,76)/t40-,41-,42+,45-,46-,47-,48-,49-,50-,52-/m0/s1. The highest BCUT2D eigenvalue weighted by molar-refractivity contribution is 5.99. The number of aliphatic hydroxyl groups is 1. The number of amides is 10. The van der Waals surface area contributed by atoms with E-state index in [0.29, 0.717) is 37.1 Å². The summed E-state index contributed by atoms with van der Waals surface area (Å²) in [4.78, 5) is 156. The average Bonchev–Trinajstić information content (AvgIpc) is 3.60. The van der Waals surface area contributed by atoms with Crippen molar-refractivity contribution in [1.82, 2.24) is 50.2 Å². The molecule has 4 N–H and O–H groups in total. The molecule has 82 heavy (non-hydrogen) atoms. The monoisotopic (exact) mass is 1140 g/mol. The molecule has 0 aromatic heterocycles. The molecule has 0 aliphatic carbocycles. The van der Waals surface area contributed by atoms with Gasteiger partial charge in [-0.3, -0.25) is 47.9 Å². The second kappa shape index (κ2) is 31.0. The maximum Gasteiger partial charge on any atom is 0.248 e. The van der Waals surface area contributed by atoms with Crippen LogP contribution < -0.4 is 16.0 Å². The van der Waals surface area contributed by atoms with Gasteiger partial charge in [0, 0.05) is 68.2 Å². The van der Waals surface area contributed by atoms with Gasteiger partial charge in [0.05, 0.1) is 12.5 Å². The Morgan fingerprint density at radius 3 is 1.38 bits per heavy atom. The zero-order valence-electron chi connectivity index (χ0n) is 51.2. The Morgan fingerprint density at radius 1 is 0.488 bits per heavy atom. The molecule has 10 atom stereocenters. The lowest BCUT2D eigenvalue weighted by Gasteiger charge is -2.38. The van der Waals surface area contributed by atoms with Crippen LogP contribution in [0.25, 0.3) is 0 Å². The van der Waals surface area contributed by atoms with Crippen molar-refractivity contribution in [1.29, 1.82) is 0 Å². The Kier molecular flexibility index (Phi) is 25.5. The van der Waals surface area contributed by atoms with Crippen molar-refractivity contribution in [2.75, 3.05) is 55.4 Å². The van der Waals surface area contributed by atoms with Crippen LogP contribution >= 0.6 is 0 Å². The number of carbonyl (C=O) groups excluding carboxylic acids is 10. The van der Waals surface area contributed by atoms with E-state index in [1.165, 1.54) is 87.6 Å². The van der Waals surface area contributed by atoms with Crippen LogP contribution in [0.1, 0.15) is 118 Å². The van der Waals surface area contributed by atoms with Gasteiger partial charge in [-0.05, 0) is 88.2 Å². The Hall–Kier alpha value is -6.90. The van der Waals surface area contributed by atoms with Gasteiger partial charge >= 0.3 is 0 Å². The minimum atomic E-state index is -1.65. The van der Waals surface area contributed by atoms with Gasteiger partial charge in [-0.25, -0.2) is 0 Å². The van der Waals surface area contributed by atoms with Crippen LogP contribution in [-0.4, -0.2) is 214 Å². The molecule has 0 spiro atoms. The predicted octanol–water partition coefficient (Wildman–Crippen LogP) is 2.86. The van der Waals surface area contributed by atoms with Crippen LogP contribution in [0.5, 0.6) is 0 Å². The number of likely N-dealkylation sites (tertiary alicyclic amines) is 1. The van der Waals surface area contributed by atoms with Crippen molar-refractivity contribution in [3.63, 3.8) is 0 Å². The number of hydrogen-bond donors (Lipinski definition) is 4. The first kappa shape index (κ1) is 67.6. The molecule has 2 aliphatic heterocycles. The van der Waals surface area contributed by atoms with Crippen molar-refractivity contribution in [2.24, 2.45) is 17.8 Å². The first-order chi connectivity index (χ1) is 38.5. The summed E-state index contributed by atoms with van der Waals surface area (Å²) in [5.74, 6) is -7.32. The Labute approximate surface area is 486 Å². The zero-order chi connectivity index (χ0) is 61.4. The largest absolute Gasteiger partial charge is 0.391 e. The summed E-state index contributed by atoms with van der Waals surface area (Å²) in [6, 6.07) is 6.06. The number of hydrogen-bond acceptors (Lipinski definition) is 11. The van der Waals surface area contributed by atoms with Gasteiger partial charge in [0.2, 0.25) is 59.1 Å². The summed E-state index contributed by atoms with van der Waals surface area (Å²) in [5, 5.41) is 19.7. The summed E-state index contributed by atoms with van der Waals surface area (Å²) in [6.45, 7) is 16.2. The van der Waals surface area contributed by atoms with E-state index in [-0.39, 0.29) is 49.9 Å². The van der Waals surface area contributed by atoms with Crippen LogP contribution in [0.4, 0.5) is 0 Å². The molecule has 2 aromatic carbocycles. The van der Waals surface area contributed by atoms with Gasteiger partial charge in [-0.15, -0.1) is 0 Å². The number of nitrogens with zero attached hydrogens (tertiary/aromatic N) is 7. The van der Waals surface area contributed by atoms with Gasteiger partial charge < -0.3 is 55.4 Å². The second-order valence-electron chi connectivity index (χ2n) is 23.9. The topological polar surface area (TPSA) is 250 Å². The van der Waals surface area contributed by atoms with Gasteiger partial charge in [-0.1, -0.05) is 102 Å². The summed E-state index contributed by atoms with van der Waals surface area (Å²) < 4.78 is 0. The quantitative estimate of drug-likeness (QED) is 0.241. The predicted molar refractivity (Wildman–Crippen MR) is 312 cm³/mol. The molecule has 21 nitrogen and oxygen atoms in total. The molecular weight excluding hydrogens is 1050 g/mol. The SMILES string of the molecule is CC(C)C[C@@H]1NC(=O)[C@H](CC(C)C)N(C)C(=O)[C@H](C)N(C)C(=O)C[C@@H](C(=O)N2CCCCC2)NC(=O)[C@H](CC(C)C)N(C)C(=O)[C@H](Cc2ccccc2)N(C)C(=O)[C@H](C)N(C)C(=O)[C@H]([C@@H](C)O)NC(=O)[C@H](Cc2ccccc2)N(C)C1=O. The molecule has 0 radical (unpaired) electrons. The average molecular weight is 1140 g/mol. The smallest absolute Gasteiger partial charge is 0.248 e. The van der Waals surface area contributed by atoms with E-state index in [1.54, 1.807) is 65.6 Å². The Bertz CT molecular complexity index is 2520. The lowest BCUT2D eigenvalue weighted by Crippen LogP contribution is -2.62. The molecule has 0 bridgehead atoms. The third-order valence-electron chi connectivity index (χ3n) is 16.0. The van der Waals surface area contributed by atoms with Crippen LogP contribution in [0.15, 0.2) is 60.7 Å². The fraction of sp³-hybridized carbons (Fsp3) is 0.639. The molecule has 10 amide bonds. The van der Waals surface area contributed by atoms with Crippen LogP contribution in [0.2, 0.25) is 0 Å². The maximum atomic E-state index is 15.2. The highest BCUT2D eigenvalue weighted by Gasteiger charge is 2.43. The van der Waals surface area contributed by atoms with Crippen molar-refractivity contribution < 1.29 is 53.1 Å². The first-order valence-corrected chi connectivity index (χ1v) is 29.0. The van der Waals surface area contributed by atoms with E-state index in [1.807, 2.05) is 41.5 Å². The molecule has 0 saturated carbocycles. The second-order valence-corrected chi connectivity index (χ2v) is 23.9. The van der Waals surface area contributed by atoms with Gasteiger partial charge in [-0.2, -0.15) is 0 Å². The number of piperidine rings is 1. The number of aliphatic hydroxyl groups excluding tert-OH is 1. The van der Waals surface area contributed by atoms with Crippen molar-refractivity contribution >= 4 is 59.1 Å². The third-order valence-corrected chi connectivity index (χ3v) is 16.0. The Balaban J connectivity index is 1.93. The highest BCUT2D eigenvalue weighted by atomic mass is 16.3. The Morgan fingerprint density at radius 2 is 0.902 bits per heavy atom. The van der Waals surface area contributed by atoms with Crippen molar-refractivity contribution in [3.8, 4) is 0 Å². The normalized spacial score (nSPS) is 26.1. The van der Waals surface area contributed by atoms with Gasteiger partial charge in [0.25, 0.3) is 0 Å². The highest BCUT2D eigenvalue weighted by Crippen LogP contribution is 2.23. The molecule has 2 heterocycles. The summed E-state index contributed by atoms with van der Waals surface area (Å²) in [7, 11) is 8.46. The van der Waals surface area contributed by atoms with E-state index in [0.717, 1.165) is 11.3 Å². The summed E-state index contributed by atoms with van der Waals surface area (Å²) in [5.41, 5.74) is 1.33. The summed E-state index contributed by atoms with van der Waals surface area (Å²) in [6.07, 6.45) is 0.553. The first-order valence-electron chi connectivity index (χ1n) is 29.0.